The van der Waals surface area contributed by atoms with E-state index in [1.807, 2.05) is 0 Å². The number of fused-ring (bicyclic) bond motifs is 1. The number of hydrogen-bond donors (Lipinski definition) is 0. The van der Waals surface area contributed by atoms with E-state index in [2.05, 4.69) is 0 Å². The Labute approximate surface area is 90.7 Å². The van der Waals surface area contributed by atoms with Gasteiger partial charge in [0.15, 0.2) is 0 Å². The van der Waals surface area contributed by atoms with Gasteiger partial charge in [0.05, 0.1) is 22.6 Å². The van der Waals surface area contributed by atoms with E-state index in [1.165, 1.54) is 9.13 Å². The number of imidazole rings is 1. The number of rotatable bonds is 2. The number of hydrogen-bond acceptors (Lipinski definition) is 2. The second-order valence-corrected chi connectivity index (χ2v) is 3.63. The summed E-state index contributed by atoms with van der Waals surface area (Å²) in [7, 11) is 1.64. The molecule has 78 valence electrons. The maximum Gasteiger partial charge on any atom is 0.329 e. The fourth-order valence-electron chi connectivity index (χ4n) is 1.68. The van der Waals surface area contributed by atoms with Gasteiger partial charge in [0.2, 0.25) is 0 Å². The number of aromatic nitrogens is 2. The maximum absolute atomic E-state index is 11.7. The lowest BCUT2D eigenvalue weighted by atomic mass is 10.3. The summed E-state index contributed by atoms with van der Waals surface area (Å²) in [4.78, 5) is 22.2. The summed E-state index contributed by atoms with van der Waals surface area (Å²) in [5.41, 5.74) is 1.11. The minimum atomic E-state index is -0.231. The van der Waals surface area contributed by atoms with E-state index < -0.39 is 0 Å². The molecule has 0 radical (unpaired) electrons. The summed E-state index contributed by atoms with van der Waals surface area (Å²) < 4.78 is 2.84. The summed E-state index contributed by atoms with van der Waals surface area (Å²) in [5.74, 6) is 0. The SMILES string of the molecule is Cn1c(=O)n(CC=O)c2cccc(Cl)c21. The second-order valence-electron chi connectivity index (χ2n) is 3.23. The fraction of sp³-hybridized carbons (Fsp3) is 0.200. The molecule has 0 aliphatic carbocycles. The quantitative estimate of drug-likeness (QED) is 0.720. The van der Waals surface area contributed by atoms with Crippen LogP contribution in [0.5, 0.6) is 0 Å². The van der Waals surface area contributed by atoms with Crippen molar-refractivity contribution in [3.8, 4) is 0 Å². The monoisotopic (exact) mass is 224 g/mol. The lowest BCUT2D eigenvalue weighted by Gasteiger charge is -1.97. The van der Waals surface area contributed by atoms with Crippen LogP contribution >= 0.6 is 11.6 Å². The molecule has 0 aliphatic heterocycles. The highest BCUT2D eigenvalue weighted by atomic mass is 35.5. The van der Waals surface area contributed by atoms with Crippen LogP contribution in [0.4, 0.5) is 0 Å². The topological polar surface area (TPSA) is 44.0 Å². The minimum Gasteiger partial charge on any atom is -0.301 e. The van der Waals surface area contributed by atoms with Gasteiger partial charge in [-0.2, -0.15) is 0 Å². The molecule has 0 fully saturated rings. The highest BCUT2D eigenvalue weighted by Crippen LogP contribution is 2.21. The predicted molar refractivity (Wildman–Crippen MR) is 58.3 cm³/mol. The van der Waals surface area contributed by atoms with Gasteiger partial charge in [-0.1, -0.05) is 17.7 Å². The van der Waals surface area contributed by atoms with E-state index in [4.69, 9.17) is 11.6 Å². The van der Waals surface area contributed by atoms with Gasteiger partial charge in [-0.3, -0.25) is 9.13 Å². The molecule has 2 rings (SSSR count). The number of halogens is 1. The first-order chi connectivity index (χ1) is 7.16. The zero-order valence-electron chi connectivity index (χ0n) is 8.11. The molecule has 0 atom stereocenters. The average Bonchev–Trinajstić information content (AvgIpc) is 2.45. The van der Waals surface area contributed by atoms with Gasteiger partial charge in [0.25, 0.3) is 0 Å². The highest BCUT2D eigenvalue weighted by molar-refractivity contribution is 6.35. The maximum atomic E-state index is 11.7. The smallest absolute Gasteiger partial charge is 0.301 e. The molecule has 0 unspecified atom stereocenters. The fourth-order valence-corrected chi connectivity index (χ4v) is 1.98. The van der Waals surface area contributed by atoms with Gasteiger partial charge in [0, 0.05) is 7.05 Å². The van der Waals surface area contributed by atoms with Crippen LogP contribution < -0.4 is 5.69 Å². The zero-order chi connectivity index (χ0) is 11.0. The van der Waals surface area contributed by atoms with Crippen LogP contribution in [0.15, 0.2) is 23.0 Å². The van der Waals surface area contributed by atoms with Gasteiger partial charge in [-0.25, -0.2) is 4.79 Å². The number of nitrogens with zero attached hydrogens (tertiary/aromatic N) is 2. The molecule has 0 N–H and O–H groups in total. The first kappa shape index (κ1) is 9.98. The largest absolute Gasteiger partial charge is 0.329 e. The van der Waals surface area contributed by atoms with Crippen molar-refractivity contribution in [2.24, 2.45) is 7.05 Å². The van der Waals surface area contributed by atoms with Crippen molar-refractivity contribution < 1.29 is 4.79 Å². The predicted octanol–water partition coefficient (Wildman–Crippen LogP) is 1.19. The van der Waals surface area contributed by atoms with Crippen LogP contribution in [0.1, 0.15) is 0 Å². The molecule has 1 heterocycles. The molecular weight excluding hydrogens is 216 g/mol. The van der Waals surface area contributed by atoms with Gasteiger partial charge in [-0.05, 0) is 12.1 Å². The molecule has 0 spiro atoms. The molecule has 0 amide bonds. The lowest BCUT2D eigenvalue weighted by Crippen LogP contribution is -2.22. The Hall–Kier alpha value is -1.55. The van der Waals surface area contributed by atoms with Gasteiger partial charge < -0.3 is 4.79 Å². The Morgan fingerprint density at radius 3 is 2.87 bits per heavy atom. The van der Waals surface area contributed by atoms with Gasteiger partial charge >= 0.3 is 5.69 Å². The van der Waals surface area contributed by atoms with Crippen molar-refractivity contribution in [2.75, 3.05) is 0 Å². The molecule has 5 heteroatoms. The van der Waals surface area contributed by atoms with E-state index in [1.54, 1.807) is 25.2 Å². The summed E-state index contributed by atoms with van der Waals surface area (Å²) >= 11 is 5.99. The van der Waals surface area contributed by atoms with E-state index in [0.717, 1.165) is 0 Å². The first-order valence-electron chi connectivity index (χ1n) is 4.44. The van der Waals surface area contributed by atoms with Crippen molar-refractivity contribution in [2.45, 2.75) is 6.54 Å². The van der Waals surface area contributed by atoms with Crippen molar-refractivity contribution in [3.05, 3.63) is 33.7 Å². The van der Waals surface area contributed by atoms with Crippen LogP contribution in [0, 0.1) is 0 Å². The number of para-hydroxylation sites is 1. The molecule has 15 heavy (non-hydrogen) atoms. The Morgan fingerprint density at radius 2 is 2.20 bits per heavy atom. The number of carbonyl (C=O) groups excluding carboxylic acids is 1. The standard InChI is InChI=1S/C10H9ClN2O2/c1-12-9-7(11)3-2-4-8(9)13(5-6-14)10(12)15/h2-4,6H,5H2,1H3. The molecule has 0 bridgehead atoms. The van der Waals surface area contributed by atoms with E-state index in [0.29, 0.717) is 22.3 Å². The lowest BCUT2D eigenvalue weighted by molar-refractivity contribution is -0.108. The molecule has 4 nitrogen and oxygen atoms in total. The van der Waals surface area contributed by atoms with Crippen LogP contribution in [-0.2, 0) is 18.4 Å². The molecule has 1 aromatic carbocycles. The molecule has 0 saturated heterocycles. The number of aryl methyl sites for hydroxylation is 1. The highest BCUT2D eigenvalue weighted by Gasteiger charge is 2.11. The average molecular weight is 225 g/mol. The van der Waals surface area contributed by atoms with E-state index in [-0.39, 0.29) is 12.2 Å². The molecule has 0 saturated carbocycles. The Bertz CT molecular complexity index is 583. The number of carbonyl (C=O) groups is 1. The van der Waals surface area contributed by atoms with Crippen molar-refractivity contribution in [3.63, 3.8) is 0 Å². The second kappa shape index (κ2) is 3.55. The first-order valence-corrected chi connectivity index (χ1v) is 4.82. The Morgan fingerprint density at radius 1 is 1.47 bits per heavy atom. The van der Waals surface area contributed by atoms with Crippen molar-refractivity contribution in [1.82, 2.24) is 9.13 Å². The van der Waals surface area contributed by atoms with Crippen LogP contribution in [0.2, 0.25) is 5.02 Å². The summed E-state index contributed by atoms with van der Waals surface area (Å²) in [5, 5.41) is 0.511. The van der Waals surface area contributed by atoms with Crippen molar-refractivity contribution in [1.29, 1.82) is 0 Å². The third-order valence-electron chi connectivity index (χ3n) is 2.37. The van der Waals surface area contributed by atoms with Crippen LogP contribution in [-0.4, -0.2) is 15.4 Å². The minimum absolute atomic E-state index is 0.0521. The summed E-state index contributed by atoms with van der Waals surface area (Å²) in [6, 6.07) is 5.24. The van der Waals surface area contributed by atoms with Gasteiger partial charge in [0.1, 0.15) is 6.29 Å². The Kier molecular flexibility index (Phi) is 2.36. The molecule has 2 aromatic rings. The van der Waals surface area contributed by atoms with E-state index in [9.17, 15) is 9.59 Å². The Balaban J connectivity index is 2.93. The third-order valence-corrected chi connectivity index (χ3v) is 2.67. The molecule has 1 aromatic heterocycles. The molecular formula is C10H9ClN2O2. The summed E-state index contributed by atoms with van der Waals surface area (Å²) in [6.07, 6.45) is 0.696. The summed E-state index contributed by atoms with van der Waals surface area (Å²) in [6.45, 7) is 0.0521. The number of aldehydes is 1. The zero-order valence-corrected chi connectivity index (χ0v) is 8.86. The third kappa shape index (κ3) is 1.37. The van der Waals surface area contributed by atoms with Crippen LogP contribution in [0.3, 0.4) is 0 Å². The van der Waals surface area contributed by atoms with Crippen LogP contribution in [0.25, 0.3) is 11.0 Å². The number of benzene rings is 1. The van der Waals surface area contributed by atoms with Gasteiger partial charge in [-0.15, -0.1) is 0 Å². The van der Waals surface area contributed by atoms with Crippen molar-refractivity contribution >= 4 is 28.9 Å². The molecule has 0 aliphatic rings. The van der Waals surface area contributed by atoms with E-state index >= 15 is 0 Å². The normalized spacial score (nSPS) is 10.8.